The second kappa shape index (κ2) is 4.26. The predicted octanol–water partition coefficient (Wildman–Crippen LogP) is 0.872. The molecule has 2 bridgehead atoms. The Morgan fingerprint density at radius 3 is 3.11 bits per heavy atom. The molecule has 6 heteroatoms. The number of hydrazone groups is 1. The maximum atomic E-state index is 12.0. The Balaban J connectivity index is 1.85. The van der Waals surface area contributed by atoms with Crippen LogP contribution in [0.5, 0.6) is 0 Å². The van der Waals surface area contributed by atoms with Crippen LogP contribution in [-0.2, 0) is 9.53 Å². The number of carbonyl (C=O) groups excluding carboxylic acids is 2. The molecule has 0 aromatic rings. The molecule has 6 nitrogen and oxygen atoms in total. The summed E-state index contributed by atoms with van der Waals surface area (Å²) in [6, 6.07) is 0.284. The number of hydrogen-bond acceptors (Lipinski definition) is 4. The zero-order chi connectivity index (χ0) is 12.7. The smallest absolute Gasteiger partial charge is 0.410 e. The van der Waals surface area contributed by atoms with Crippen LogP contribution in [0.2, 0.25) is 0 Å². The highest BCUT2D eigenvalue weighted by atomic mass is 16.6. The molecule has 18 heavy (non-hydrogen) atoms. The van der Waals surface area contributed by atoms with E-state index in [4.69, 9.17) is 4.74 Å². The van der Waals surface area contributed by atoms with Crippen molar-refractivity contribution in [3.63, 3.8) is 0 Å². The molecule has 2 saturated heterocycles. The molecule has 0 spiro atoms. The lowest BCUT2D eigenvalue weighted by Gasteiger charge is -2.40. The van der Waals surface area contributed by atoms with Crippen LogP contribution in [0.15, 0.2) is 5.10 Å². The van der Waals surface area contributed by atoms with E-state index in [0.29, 0.717) is 13.0 Å². The second-order valence-electron chi connectivity index (χ2n) is 5.06. The number of fused-ring (bicyclic) bond motifs is 4. The van der Waals surface area contributed by atoms with Gasteiger partial charge in [0.15, 0.2) is 0 Å². The zero-order valence-electron chi connectivity index (χ0n) is 10.4. The lowest BCUT2D eigenvalue weighted by Crippen LogP contribution is -2.54. The summed E-state index contributed by atoms with van der Waals surface area (Å²) in [4.78, 5) is 25.3. The third kappa shape index (κ3) is 1.67. The molecule has 3 unspecified atom stereocenters. The first-order chi connectivity index (χ1) is 8.70. The van der Waals surface area contributed by atoms with Crippen molar-refractivity contribution in [1.82, 2.24) is 10.3 Å². The minimum atomic E-state index is -0.241. The van der Waals surface area contributed by atoms with Gasteiger partial charge in [-0.15, -0.1) is 0 Å². The van der Waals surface area contributed by atoms with Gasteiger partial charge in [-0.05, 0) is 19.8 Å². The summed E-state index contributed by atoms with van der Waals surface area (Å²) < 4.78 is 5.12. The fourth-order valence-electron chi connectivity index (χ4n) is 3.37. The molecule has 3 aliphatic rings. The molecule has 98 valence electrons. The summed E-state index contributed by atoms with van der Waals surface area (Å²) in [5, 5.41) is 4.15. The van der Waals surface area contributed by atoms with Gasteiger partial charge in [0.05, 0.1) is 6.61 Å². The molecular weight excluding hydrogens is 234 g/mol. The summed E-state index contributed by atoms with van der Waals surface area (Å²) in [5.74, 6) is 0.0276. The maximum absolute atomic E-state index is 12.0. The first-order valence-corrected chi connectivity index (χ1v) is 6.51. The highest BCUT2D eigenvalue weighted by molar-refractivity contribution is 5.97. The Morgan fingerprint density at radius 1 is 1.50 bits per heavy atom. The molecule has 3 heterocycles. The van der Waals surface area contributed by atoms with Crippen molar-refractivity contribution in [2.24, 2.45) is 11.0 Å². The summed E-state index contributed by atoms with van der Waals surface area (Å²) in [6.07, 6.45) is 2.88. The summed E-state index contributed by atoms with van der Waals surface area (Å²) in [7, 11) is 0. The second-order valence-corrected chi connectivity index (χ2v) is 5.06. The molecule has 0 saturated carbocycles. The highest BCUT2D eigenvalue weighted by Crippen LogP contribution is 2.40. The van der Waals surface area contributed by atoms with Gasteiger partial charge >= 0.3 is 6.09 Å². The number of carbonyl (C=O) groups is 2. The van der Waals surface area contributed by atoms with E-state index in [1.807, 2.05) is 11.8 Å². The van der Waals surface area contributed by atoms with Gasteiger partial charge in [0, 0.05) is 36.6 Å². The summed E-state index contributed by atoms with van der Waals surface area (Å²) in [5.41, 5.74) is 3.58. The predicted molar refractivity (Wildman–Crippen MR) is 64.0 cm³/mol. The van der Waals surface area contributed by atoms with Crippen molar-refractivity contribution in [3.05, 3.63) is 0 Å². The number of rotatable bonds is 1. The van der Waals surface area contributed by atoms with Gasteiger partial charge in [-0.2, -0.15) is 5.10 Å². The molecule has 3 aliphatic heterocycles. The minimum Gasteiger partial charge on any atom is -0.450 e. The third-order valence-electron chi connectivity index (χ3n) is 4.09. The van der Waals surface area contributed by atoms with E-state index in [0.717, 1.165) is 25.0 Å². The van der Waals surface area contributed by atoms with Gasteiger partial charge in [-0.1, -0.05) is 0 Å². The van der Waals surface area contributed by atoms with Crippen LogP contribution in [0.1, 0.15) is 32.6 Å². The quantitative estimate of drug-likeness (QED) is 0.751. The van der Waals surface area contributed by atoms with Crippen molar-refractivity contribution in [1.29, 1.82) is 0 Å². The van der Waals surface area contributed by atoms with Crippen LogP contribution in [0.4, 0.5) is 4.79 Å². The Hall–Kier alpha value is -1.59. The van der Waals surface area contributed by atoms with Crippen LogP contribution in [0, 0.1) is 5.92 Å². The fourth-order valence-corrected chi connectivity index (χ4v) is 3.37. The van der Waals surface area contributed by atoms with E-state index >= 15 is 0 Å². The number of amides is 2. The molecule has 0 aromatic carbocycles. The Labute approximate surface area is 105 Å². The van der Waals surface area contributed by atoms with Crippen molar-refractivity contribution in [2.45, 2.75) is 44.7 Å². The Morgan fingerprint density at radius 2 is 2.33 bits per heavy atom. The van der Waals surface area contributed by atoms with Crippen molar-refractivity contribution in [3.8, 4) is 0 Å². The molecular formula is C12H17N3O3. The number of hydrogen-bond donors (Lipinski definition) is 1. The molecule has 0 aliphatic carbocycles. The third-order valence-corrected chi connectivity index (χ3v) is 4.09. The minimum absolute atomic E-state index is 0.0575. The summed E-state index contributed by atoms with van der Waals surface area (Å²) in [6.45, 7) is 2.20. The monoisotopic (exact) mass is 251 g/mol. The Bertz CT molecular complexity index is 421. The van der Waals surface area contributed by atoms with Gasteiger partial charge in [-0.25, -0.2) is 10.2 Å². The lowest BCUT2D eigenvalue weighted by atomic mass is 9.85. The van der Waals surface area contributed by atoms with E-state index in [9.17, 15) is 9.59 Å². The van der Waals surface area contributed by atoms with Crippen LogP contribution in [0.3, 0.4) is 0 Å². The van der Waals surface area contributed by atoms with Gasteiger partial charge in [0.25, 0.3) is 0 Å². The molecule has 1 N–H and O–H groups in total. The summed E-state index contributed by atoms with van der Waals surface area (Å²) >= 11 is 0. The number of piperidine rings is 1. The number of ether oxygens (including phenoxy) is 1. The van der Waals surface area contributed by atoms with Gasteiger partial charge in [0.1, 0.15) is 0 Å². The van der Waals surface area contributed by atoms with Crippen molar-refractivity contribution >= 4 is 17.7 Å². The molecule has 2 amide bonds. The average Bonchev–Trinajstić information content (AvgIpc) is 2.67. The average molecular weight is 251 g/mol. The van der Waals surface area contributed by atoms with Crippen LogP contribution in [0.25, 0.3) is 0 Å². The molecule has 2 fully saturated rings. The van der Waals surface area contributed by atoms with E-state index in [-0.39, 0.29) is 30.0 Å². The first kappa shape index (κ1) is 11.5. The van der Waals surface area contributed by atoms with Crippen LogP contribution in [-0.4, -0.2) is 41.3 Å². The lowest BCUT2D eigenvalue weighted by molar-refractivity contribution is -0.122. The fraction of sp³-hybridized carbons (Fsp3) is 0.750. The first-order valence-electron chi connectivity index (χ1n) is 6.51. The van der Waals surface area contributed by atoms with E-state index in [2.05, 4.69) is 10.5 Å². The highest BCUT2D eigenvalue weighted by Gasteiger charge is 2.49. The van der Waals surface area contributed by atoms with Gasteiger partial charge in [0.2, 0.25) is 5.91 Å². The van der Waals surface area contributed by atoms with Crippen molar-refractivity contribution < 1.29 is 14.3 Å². The van der Waals surface area contributed by atoms with Crippen LogP contribution < -0.4 is 5.43 Å². The van der Waals surface area contributed by atoms with Gasteiger partial charge in [-0.3, -0.25) is 4.79 Å². The normalized spacial score (nSPS) is 33.6. The topological polar surface area (TPSA) is 71.0 Å². The van der Waals surface area contributed by atoms with E-state index in [1.54, 1.807) is 0 Å². The molecule has 3 rings (SSSR count). The van der Waals surface area contributed by atoms with E-state index < -0.39 is 0 Å². The van der Waals surface area contributed by atoms with E-state index in [1.165, 1.54) is 0 Å². The SMILES string of the molecule is CCOC(=O)N1C2CCC1C1CC(=O)NN=C1C2. The Kier molecular flexibility index (Phi) is 2.72. The maximum Gasteiger partial charge on any atom is 0.410 e. The van der Waals surface area contributed by atoms with Crippen molar-refractivity contribution in [2.75, 3.05) is 6.61 Å². The molecule has 0 aromatic heterocycles. The standard InChI is InChI=1S/C12H17N3O3/c1-2-18-12(17)15-7-3-4-10(15)8-6-11(16)14-13-9(8)5-7/h7-8,10H,2-6H2,1H3,(H,14,16). The number of nitrogens with one attached hydrogen (secondary N) is 1. The van der Waals surface area contributed by atoms with Crippen LogP contribution >= 0.6 is 0 Å². The largest absolute Gasteiger partial charge is 0.450 e. The number of nitrogens with zero attached hydrogens (tertiary/aromatic N) is 2. The molecule has 3 atom stereocenters. The molecule has 0 radical (unpaired) electrons. The van der Waals surface area contributed by atoms with Gasteiger partial charge < -0.3 is 9.64 Å². The zero-order valence-corrected chi connectivity index (χ0v) is 10.4.